The third-order valence-corrected chi connectivity index (χ3v) is 4.14. The maximum absolute atomic E-state index is 13.3. The summed E-state index contributed by atoms with van der Waals surface area (Å²) in [7, 11) is 1.81. The number of hydrogen-bond donors (Lipinski definition) is 1. The fourth-order valence-electron chi connectivity index (χ4n) is 2.95. The van der Waals surface area contributed by atoms with Crippen molar-refractivity contribution in [1.29, 1.82) is 0 Å². The number of amides is 1. The van der Waals surface area contributed by atoms with Gasteiger partial charge in [0.15, 0.2) is 0 Å². The van der Waals surface area contributed by atoms with Crippen LogP contribution >= 0.6 is 0 Å². The summed E-state index contributed by atoms with van der Waals surface area (Å²) >= 11 is 0. The standard InChI is InChI=1S/C16H17F3N4O/c1-22-8-6-20-13(22)10-23-9-7-21-15(24)14(23)11-4-2-3-5-12(11)16(17,18)19/h2-6,8,14H,7,9-10H2,1H3,(H,21,24)/t14-/m1/s1. The predicted molar refractivity (Wildman–Crippen MR) is 80.8 cm³/mol. The van der Waals surface area contributed by atoms with Crippen LogP contribution in [0.3, 0.4) is 0 Å². The lowest BCUT2D eigenvalue weighted by atomic mass is 9.96. The Morgan fingerprint density at radius 3 is 2.75 bits per heavy atom. The minimum Gasteiger partial charge on any atom is -0.353 e. The van der Waals surface area contributed by atoms with Gasteiger partial charge in [-0.3, -0.25) is 9.69 Å². The minimum absolute atomic E-state index is 0.0311. The molecule has 1 fully saturated rings. The topological polar surface area (TPSA) is 50.2 Å². The number of hydrogen-bond acceptors (Lipinski definition) is 3. The van der Waals surface area contributed by atoms with Crippen LogP contribution in [-0.4, -0.2) is 33.4 Å². The molecule has 8 heteroatoms. The van der Waals surface area contributed by atoms with Crippen LogP contribution in [0.25, 0.3) is 0 Å². The van der Waals surface area contributed by atoms with E-state index in [1.54, 1.807) is 21.9 Å². The van der Waals surface area contributed by atoms with Crippen molar-refractivity contribution in [2.75, 3.05) is 13.1 Å². The number of piperazine rings is 1. The molecule has 1 atom stereocenters. The van der Waals surface area contributed by atoms with E-state index >= 15 is 0 Å². The summed E-state index contributed by atoms with van der Waals surface area (Å²) in [6.07, 6.45) is -1.13. The number of halogens is 3. The highest BCUT2D eigenvalue weighted by Crippen LogP contribution is 2.37. The lowest BCUT2D eigenvalue weighted by Gasteiger charge is -2.36. The average molecular weight is 338 g/mol. The van der Waals surface area contributed by atoms with Crippen LogP contribution in [-0.2, 0) is 24.6 Å². The second kappa shape index (κ2) is 6.27. The number of benzene rings is 1. The SMILES string of the molecule is Cn1ccnc1CN1CCNC(=O)[C@H]1c1ccccc1C(F)(F)F. The van der Waals surface area contributed by atoms with Gasteiger partial charge in [-0.1, -0.05) is 18.2 Å². The van der Waals surface area contributed by atoms with Gasteiger partial charge in [0.2, 0.25) is 5.91 Å². The van der Waals surface area contributed by atoms with Crippen LogP contribution in [0.4, 0.5) is 13.2 Å². The van der Waals surface area contributed by atoms with E-state index in [4.69, 9.17) is 0 Å². The van der Waals surface area contributed by atoms with Crippen LogP contribution in [0.15, 0.2) is 36.7 Å². The molecule has 1 amide bonds. The Bertz CT molecular complexity index is 741. The van der Waals surface area contributed by atoms with E-state index in [1.807, 2.05) is 7.05 Å². The molecule has 0 aliphatic carbocycles. The molecule has 0 spiro atoms. The number of aromatic nitrogens is 2. The summed E-state index contributed by atoms with van der Waals surface area (Å²) in [5.41, 5.74) is -0.812. The molecule has 0 bridgehead atoms. The molecule has 1 N–H and O–H groups in total. The van der Waals surface area contributed by atoms with Crippen molar-refractivity contribution in [3.63, 3.8) is 0 Å². The van der Waals surface area contributed by atoms with Crippen molar-refractivity contribution in [2.24, 2.45) is 7.05 Å². The highest BCUT2D eigenvalue weighted by atomic mass is 19.4. The predicted octanol–water partition coefficient (Wildman–Crippen LogP) is 2.11. The molecule has 0 radical (unpaired) electrons. The molecule has 128 valence electrons. The molecule has 1 aliphatic rings. The maximum Gasteiger partial charge on any atom is 0.416 e. The number of aryl methyl sites for hydroxylation is 1. The summed E-state index contributed by atoms with van der Waals surface area (Å²) < 4.78 is 41.8. The second-order valence-corrected chi connectivity index (χ2v) is 5.70. The van der Waals surface area contributed by atoms with E-state index in [0.717, 1.165) is 6.07 Å². The molecule has 1 aliphatic heterocycles. The number of nitrogens with one attached hydrogen (secondary N) is 1. The Kier molecular flexibility index (Phi) is 4.31. The Morgan fingerprint density at radius 2 is 2.08 bits per heavy atom. The first-order valence-electron chi connectivity index (χ1n) is 7.52. The quantitative estimate of drug-likeness (QED) is 0.933. The molecule has 5 nitrogen and oxygen atoms in total. The normalized spacial score (nSPS) is 19.3. The van der Waals surface area contributed by atoms with E-state index in [0.29, 0.717) is 25.5 Å². The van der Waals surface area contributed by atoms with Gasteiger partial charge < -0.3 is 9.88 Å². The number of alkyl halides is 3. The van der Waals surface area contributed by atoms with Crippen LogP contribution in [0, 0.1) is 0 Å². The monoisotopic (exact) mass is 338 g/mol. The first kappa shape index (κ1) is 16.5. The largest absolute Gasteiger partial charge is 0.416 e. The highest BCUT2D eigenvalue weighted by Gasteiger charge is 2.40. The first-order chi connectivity index (χ1) is 11.4. The van der Waals surface area contributed by atoms with E-state index in [-0.39, 0.29) is 5.56 Å². The zero-order valence-electron chi connectivity index (χ0n) is 13.0. The van der Waals surface area contributed by atoms with Crippen LogP contribution < -0.4 is 5.32 Å². The van der Waals surface area contributed by atoms with Gasteiger partial charge in [-0.25, -0.2) is 4.98 Å². The van der Waals surface area contributed by atoms with Crippen molar-refractivity contribution < 1.29 is 18.0 Å². The molecular formula is C16H17F3N4O. The van der Waals surface area contributed by atoms with E-state index < -0.39 is 23.7 Å². The Morgan fingerprint density at radius 1 is 1.33 bits per heavy atom. The molecule has 3 rings (SSSR count). The van der Waals surface area contributed by atoms with Crippen LogP contribution in [0.5, 0.6) is 0 Å². The lowest BCUT2D eigenvalue weighted by Crippen LogP contribution is -2.50. The number of carbonyl (C=O) groups is 1. The molecule has 24 heavy (non-hydrogen) atoms. The summed E-state index contributed by atoms with van der Waals surface area (Å²) in [5, 5.41) is 2.66. The molecule has 1 aromatic heterocycles. The Balaban J connectivity index is 1.99. The number of carbonyl (C=O) groups excluding carboxylic acids is 1. The van der Waals surface area contributed by atoms with Gasteiger partial charge in [0.1, 0.15) is 11.9 Å². The van der Waals surface area contributed by atoms with E-state index in [1.165, 1.54) is 18.2 Å². The average Bonchev–Trinajstić information content (AvgIpc) is 2.92. The van der Waals surface area contributed by atoms with E-state index in [9.17, 15) is 18.0 Å². The summed E-state index contributed by atoms with van der Waals surface area (Å²) in [6.45, 7) is 1.15. The summed E-state index contributed by atoms with van der Waals surface area (Å²) in [6, 6.07) is 4.23. The van der Waals surface area contributed by atoms with Gasteiger partial charge in [-0.15, -0.1) is 0 Å². The van der Waals surface area contributed by atoms with E-state index in [2.05, 4.69) is 10.3 Å². The zero-order valence-corrected chi connectivity index (χ0v) is 13.0. The van der Waals surface area contributed by atoms with Gasteiger partial charge in [0, 0.05) is 32.5 Å². The third-order valence-electron chi connectivity index (χ3n) is 4.14. The fraction of sp³-hybridized carbons (Fsp3) is 0.375. The highest BCUT2D eigenvalue weighted by molar-refractivity contribution is 5.84. The third kappa shape index (κ3) is 3.14. The lowest BCUT2D eigenvalue weighted by molar-refractivity contribution is -0.140. The molecule has 1 aromatic carbocycles. The van der Waals surface area contributed by atoms with Crippen molar-refractivity contribution in [3.8, 4) is 0 Å². The van der Waals surface area contributed by atoms with Gasteiger partial charge in [-0.05, 0) is 11.6 Å². The molecule has 2 aromatic rings. The van der Waals surface area contributed by atoms with Gasteiger partial charge in [-0.2, -0.15) is 13.2 Å². The van der Waals surface area contributed by atoms with Gasteiger partial charge in [0.25, 0.3) is 0 Å². The smallest absolute Gasteiger partial charge is 0.353 e. The Labute approximate surface area is 137 Å². The number of imidazole rings is 1. The van der Waals surface area contributed by atoms with Gasteiger partial charge >= 0.3 is 6.18 Å². The first-order valence-corrected chi connectivity index (χ1v) is 7.52. The van der Waals surface area contributed by atoms with Gasteiger partial charge in [0.05, 0.1) is 12.1 Å². The molecular weight excluding hydrogens is 321 g/mol. The number of nitrogens with zero attached hydrogens (tertiary/aromatic N) is 3. The van der Waals surface area contributed by atoms with Crippen molar-refractivity contribution in [1.82, 2.24) is 19.8 Å². The van der Waals surface area contributed by atoms with Crippen molar-refractivity contribution in [3.05, 3.63) is 53.6 Å². The molecule has 1 saturated heterocycles. The minimum atomic E-state index is -4.51. The van der Waals surface area contributed by atoms with Crippen LogP contribution in [0.1, 0.15) is 23.0 Å². The van der Waals surface area contributed by atoms with Crippen molar-refractivity contribution >= 4 is 5.91 Å². The summed E-state index contributed by atoms with van der Waals surface area (Å²) in [4.78, 5) is 18.3. The molecule has 0 saturated carbocycles. The maximum atomic E-state index is 13.3. The molecule has 0 unspecified atom stereocenters. The van der Waals surface area contributed by atoms with Crippen molar-refractivity contribution in [2.45, 2.75) is 18.8 Å². The zero-order chi connectivity index (χ0) is 17.3. The fourth-order valence-corrected chi connectivity index (χ4v) is 2.95. The summed E-state index contributed by atoms with van der Waals surface area (Å²) in [5.74, 6) is 0.270. The second-order valence-electron chi connectivity index (χ2n) is 5.70. The van der Waals surface area contributed by atoms with Crippen LogP contribution in [0.2, 0.25) is 0 Å². The Hall–Kier alpha value is -2.35. The number of rotatable bonds is 3. The molecule has 2 heterocycles.